The number of hydrogen-bond acceptors (Lipinski definition) is 2. The van der Waals surface area contributed by atoms with Crippen LogP contribution in [0.5, 0.6) is 5.75 Å². The summed E-state index contributed by atoms with van der Waals surface area (Å²) < 4.78 is 5.95. The van der Waals surface area contributed by atoms with E-state index in [1.54, 1.807) is 6.07 Å². The first-order chi connectivity index (χ1) is 7.98. The topological polar surface area (TPSA) is 35.2 Å². The highest BCUT2D eigenvalue weighted by Crippen LogP contribution is 2.38. The van der Waals surface area contributed by atoms with Crippen LogP contribution in [0.25, 0.3) is 0 Å². The lowest BCUT2D eigenvalue weighted by molar-refractivity contribution is 0.0994. The second kappa shape index (κ2) is 4.77. The average molecular weight is 254 g/mol. The van der Waals surface area contributed by atoms with Gasteiger partial charge in [-0.05, 0) is 43.2 Å². The Morgan fingerprint density at radius 2 is 1.94 bits per heavy atom. The average Bonchev–Trinajstić information content (AvgIpc) is 2.27. The molecule has 0 aliphatic heterocycles. The van der Waals surface area contributed by atoms with Gasteiger partial charge in [0.05, 0.1) is 16.8 Å². The molecule has 0 aromatic heterocycles. The van der Waals surface area contributed by atoms with Crippen molar-refractivity contribution < 1.29 is 4.74 Å². The largest absolute Gasteiger partial charge is 0.488 e. The fraction of sp³-hybridized carbons (Fsp3) is 0.571. The lowest BCUT2D eigenvalue weighted by Gasteiger charge is -2.34. The van der Waals surface area contributed by atoms with E-state index in [9.17, 15) is 0 Å². The van der Waals surface area contributed by atoms with E-state index in [-0.39, 0.29) is 6.10 Å². The maximum atomic E-state index is 5.97. The molecule has 2 N–H and O–H groups in total. The molecule has 0 saturated heterocycles. The zero-order valence-corrected chi connectivity index (χ0v) is 11.3. The number of para-hydroxylation sites is 1. The van der Waals surface area contributed by atoms with E-state index < -0.39 is 0 Å². The summed E-state index contributed by atoms with van der Waals surface area (Å²) in [5.74, 6) is 0.724. The first-order valence-electron chi connectivity index (χ1n) is 6.19. The van der Waals surface area contributed by atoms with Crippen molar-refractivity contribution in [1.82, 2.24) is 0 Å². The highest BCUT2D eigenvalue weighted by molar-refractivity contribution is 6.33. The van der Waals surface area contributed by atoms with Crippen molar-refractivity contribution in [3.05, 3.63) is 23.2 Å². The maximum Gasteiger partial charge on any atom is 0.144 e. The van der Waals surface area contributed by atoms with Crippen molar-refractivity contribution in [2.24, 2.45) is 5.41 Å². The minimum atomic E-state index is 0.281. The minimum Gasteiger partial charge on any atom is -0.488 e. The Balaban J connectivity index is 2.00. The third-order valence-electron chi connectivity index (χ3n) is 3.59. The Hall–Kier alpha value is -0.890. The van der Waals surface area contributed by atoms with Crippen molar-refractivity contribution in [2.75, 3.05) is 5.73 Å². The molecule has 2 nitrogen and oxygen atoms in total. The number of halogens is 1. The smallest absolute Gasteiger partial charge is 0.144 e. The van der Waals surface area contributed by atoms with Crippen molar-refractivity contribution in [3.8, 4) is 5.75 Å². The number of nitrogens with two attached hydrogens (primary N) is 1. The van der Waals surface area contributed by atoms with Gasteiger partial charge in [-0.15, -0.1) is 0 Å². The summed E-state index contributed by atoms with van der Waals surface area (Å²) in [5.41, 5.74) is 6.91. The van der Waals surface area contributed by atoms with Gasteiger partial charge in [0, 0.05) is 0 Å². The molecular weight excluding hydrogens is 234 g/mol. The number of rotatable bonds is 2. The highest BCUT2D eigenvalue weighted by Gasteiger charge is 2.28. The van der Waals surface area contributed by atoms with Crippen molar-refractivity contribution >= 4 is 17.3 Å². The SMILES string of the molecule is CC1(C)CCC(Oc2cccc(Cl)c2N)CC1. The van der Waals surface area contributed by atoms with Crippen molar-refractivity contribution in [3.63, 3.8) is 0 Å². The molecule has 1 aromatic rings. The van der Waals surface area contributed by atoms with Crippen molar-refractivity contribution in [2.45, 2.75) is 45.6 Å². The molecule has 17 heavy (non-hydrogen) atoms. The second-order valence-electron chi connectivity index (χ2n) is 5.63. The molecule has 1 aliphatic carbocycles. The molecule has 3 heteroatoms. The fourth-order valence-electron chi connectivity index (χ4n) is 2.29. The van der Waals surface area contributed by atoms with E-state index in [1.165, 1.54) is 12.8 Å². The number of hydrogen-bond donors (Lipinski definition) is 1. The molecule has 1 fully saturated rings. The monoisotopic (exact) mass is 253 g/mol. The molecule has 0 radical (unpaired) electrons. The minimum absolute atomic E-state index is 0.281. The number of benzene rings is 1. The predicted octanol–water partition coefficient (Wildman–Crippen LogP) is 4.27. The summed E-state index contributed by atoms with van der Waals surface area (Å²) >= 11 is 5.97. The Bertz CT molecular complexity index is 393. The summed E-state index contributed by atoms with van der Waals surface area (Å²) in [6.45, 7) is 4.63. The van der Waals surface area contributed by atoms with Crippen LogP contribution in [0, 0.1) is 5.41 Å². The van der Waals surface area contributed by atoms with E-state index in [0.29, 0.717) is 16.1 Å². The lowest BCUT2D eigenvalue weighted by Crippen LogP contribution is -2.28. The van der Waals surface area contributed by atoms with Crippen LogP contribution < -0.4 is 10.5 Å². The molecule has 0 atom stereocenters. The third-order valence-corrected chi connectivity index (χ3v) is 3.92. The van der Waals surface area contributed by atoms with Crippen LogP contribution in [-0.2, 0) is 0 Å². The van der Waals surface area contributed by atoms with E-state index in [1.807, 2.05) is 12.1 Å². The molecular formula is C14H20ClNO. The third kappa shape index (κ3) is 3.06. The Morgan fingerprint density at radius 3 is 2.59 bits per heavy atom. The van der Waals surface area contributed by atoms with Gasteiger partial charge in [0.15, 0.2) is 0 Å². The number of ether oxygens (including phenoxy) is 1. The highest BCUT2D eigenvalue weighted by atomic mass is 35.5. The van der Waals surface area contributed by atoms with Crippen LogP contribution in [0.4, 0.5) is 5.69 Å². The normalized spacial score (nSPS) is 20.2. The van der Waals surface area contributed by atoms with Gasteiger partial charge in [-0.2, -0.15) is 0 Å². The molecule has 0 spiro atoms. The van der Waals surface area contributed by atoms with E-state index in [0.717, 1.165) is 18.6 Å². The summed E-state index contributed by atoms with van der Waals surface area (Å²) in [6, 6.07) is 5.55. The first-order valence-corrected chi connectivity index (χ1v) is 6.56. The second-order valence-corrected chi connectivity index (χ2v) is 6.04. The standard InChI is InChI=1S/C14H20ClNO/c1-14(2)8-6-10(7-9-14)17-12-5-3-4-11(15)13(12)16/h3-5,10H,6-9,16H2,1-2H3. The van der Waals surface area contributed by atoms with Gasteiger partial charge >= 0.3 is 0 Å². The van der Waals surface area contributed by atoms with E-state index in [4.69, 9.17) is 22.1 Å². The van der Waals surface area contributed by atoms with E-state index in [2.05, 4.69) is 13.8 Å². The Labute approximate surface area is 108 Å². The van der Waals surface area contributed by atoms with Crippen LogP contribution in [0.1, 0.15) is 39.5 Å². The number of anilines is 1. The predicted molar refractivity (Wildman–Crippen MR) is 72.5 cm³/mol. The Morgan fingerprint density at radius 1 is 1.29 bits per heavy atom. The quantitative estimate of drug-likeness (QED) is 0.799. The molecule has 1 saturated carbocycles. The van der Waals surface area contributed by atoms with Gasteiger partial charge in [0.2, 0.25) is 0 Å². The van der Waals surface area contributed by atoms with E-state index >= 15 is 0 Å². The molecule has 0 unspecified atom stereocenters. The fourth-order valence-corrected chi connectivity index (χ4v) is 2.46. The van der Waals surface area contributed by atoms with Gasteiger partial charge in [-0.25, -0.2) is 0 Å². The summed E-state index contributed by atoms with van der Waals surface area (Å²) in [4.78, 5) is 0. The van der Waals surface area contributed by atoms with Gasteiger partial charge < -0.3 is 10.5 Å². The van der Waals surface area contributed by atoms with Crippen LogP contribution in [-0.4, -0.2) is 6.10 Å². The summed E-state index contributed by atoms with van der Waals surface area (Å²) in [6.07, 6.45) is 4.89. The molecule has 1 aliphatic rings. The maximum absolute atomic E-state index is 5.97. The first kappa shape index (κ1) is 12.6. The zero-order valence-electron chi connectivity index (χ0n) is 10.5. The van der Waals surface area contributed by atoms with Gasteiger partial charge in [-0.1, -0.05) is 31.5 Å². The zero-order chi connectivity index (χ0) is 12.5. The molecule has 0 heterocycles. The molecule has 2 rings (SSSR count). The van der Waals surface area contributed by atoms with Gasteiger partial charge in [-0.3, -0.25) is 0 Å². The molecule has 94 valence electrons. The van der Waals surface area contributed by atoms with Gasteiger partial charge in [0.1, 0.15) is 5.75 Å². The molecule has 1 aromatic carbocycles. The van der Waals surface area contributed by atoms with Crippen LogP contribution >= 0.6 is 11.6 Å². The van der Waals surface area contributed by atoms with Crippen molar-refractivity contribution in [1.29, 1.82) is 0 Å². The van der Waals surface area contributed by atoms with Gasteiger partial charge in [0.25, 0.3) is 0 Å². The number of nitrogen functional groups attached to an aromatic ring is 1. The van der Waals surface area contributed by atoms with Crippen LogP contribution in [0.2, 0.25) is 5.02 Å². The molecule has 0 bridgehead atoms. The Kier molecular flexibility index (Phi) is 3.53. The van der Waals surface area contributed by atoms with Crippen LogP contribution in [0.3, 0.4) is 0 Å². The molecule has 0 amide bonds. The summed E-state index contributed by atoms with van der Waals surface area (Å²) in [5, 5.41) is 0.568. The summed E-state index contributed by atoms with van der Waals surface area (Å²) in [7, 11) is 0. The lowest BCUT2D eigenvalue weighted by atomic mass is 9.76. The van der Waals surface area contributed by atoms with Crippen LogP contribution in [0.15, 0.2) is 18.2 Å².